The minimum atomic E-state index is -0.158. The first kappa shape index (κ1) is 17.3. The predicted octanol–water partition coefficient (Wildman–Crippen LogP) is 3.17. The van der Waals surface area contributed by atoms with E-state index in [1.807, 2.05) is 6.92 Å². The van der Waals surface area contributed by atoms with Crippen LogP contribution in [0.25, 0.3) is 5.57 Å². The van der Waals surface area contributed by atoms with Crippen LogP contribution in [0.15, 0.2) is 54.6 Å². The maximum Gasteiger partial charge on any atom is 0.251 e. The second-order valence-electron chi connectivity index (χ2n) is 4.63. The number of rotatable bonds is 6. The van der Waals surface area contributed by atoms with Gasteiger partial charge in [-0.1, -0.05) is 30.9 Å². The lowest BCUT2D eigenvalue weighted by Crippen LogP contribution is -2.17. The summed E-state index contributed by atoms with van der Waals surface area (Å²) in [4.78, 5) is 22.9. The molecular weight excluding hydrogens is 276 g/mol. The van der Waals surface area contributed by atoms with Crippen molar-refractivity contribution in [1.82, 2.24) is 5.32 Å². The highest BCUT2D eigenvalue weighted by Crippen LogP contribution is 2.18. The Morgan fingerprint density at radius 2 is 1.73 bits per heavy atom. The van der Waals surface area contributed by atoms with Crippen LogP contribution in [0.4, 0.5) is 0 Å². The molecule has 0 unspecified atom stereocenters. The van der Waals surface area contributed by atoms with Crippen LogP contribution >= 0.6 is 0 Å². The highest BCUT2D eigenvalue weighted by molar-refractivity contribution is 6.29. The van der Waals surface area contributed by atoms with Gasteiger partial charge in [0.1, 0.15) is 0 Å². The summed E-state index contributed by atoms with van der Waals surface area (Å²) in [5.41, 5.74) is 2.67. The van der Waals surface area contributed by atoms with E-state index in [0.717, 1.165) is 5.56 Å². The Morgan fingerprint density at radius 3 is 2.14 bits per heavy atom. The molecule has 0 bridgehead atoms. The molecule has 0 aliphatic heterocycles. The van der Waals surface area contributed by atoms with Crippen molar-refractivity contribution in [3.63, 3.8) is 0 Å². The Balaban J connectivity index is 3.12. The number of nitrogens with one attached hydrogen (secondary N) is 2. The average molecular weight is 296 g/mol. The number of carbonyl (C=O) groups excluding carboxylic acids is 2. The van der Waals surface area contributed by atoms with Gasteiger partial charge in [-0.15, -0.1) is 0 Å². The van der Waals surface area contributed by atoms with Crippen molar-refractivity contribution >= 4 is 23.0 Å². The van der Waals surface area contributed by atoms with Crippen molar-refractivity contribution in [3.8, 4) is 0 Å². The van der Waals surface area contributed by atoms with Gasteiger partial charge in [-0.2, -0.15) is 0 Å². The monoisotopic (exact) mass is 296 g/mol. The maximum absolute atomic E-state index is 11.5. The Bertz CT molecular complexity index is 665. The fraction of sp³-hybridized carbons (Fsp3) is 0.167. The molecule has 0 radical (unpaired) electrons. The molecule has 4 nitrogen and oxygen atoms in total. The van der Waals surface area contributed by atoms with E-state index < -0.39 is 0 Å². The lowest BCUT2D eigenvalue weighted by molar-refractivity contribution is -0.113. The standard InChI is InChI=1S/C18H20N2O2/c1-5-13(12(3)21)11-17(19)16(6-2)14-7-9-15(10-8-14)18(22)20-4/h5-11,19H,1H2,2-4H3,(H,20,22)/b13-11+,16-6-,19-17?. The van der Waals surface area contributed by atoms with Crippen LogP contribution in [-0.4, -0.2) is 24.4 Å². The summed E-state index contributed by atoms with van der Waals surface area (Å²) in [6, 6.07) is 6.97. The van der Waals surface area contributed by atoms with Gasteiger partial charge < -0.3 is 10.7 Å². The molecule has 0 heterocycles. The van der Waals surface area contributed by atoms with E-state index in [9.17, 15) is 9.59 Å². The van der Waals surface area contributed by atoms with Gasteiger partial charge >= 0.3 is 0 Å². The first-order chi connectivity index (χ1) is 10.4. The van der Waals surface area contributed by atoms with E-state index >= 15 is 0 Å². The van der Waals surface area contributed by atoms with Gasteiger partial charge in [-0.05, 0) is 37.6 Å². The van der Waals surface area contributed by atoms with Crippen molar-refractivity contribution in [1.29, 1.82) is 5.41 Å². The number of hydrogen-bond acceptors (Lipinski definition) is 3. The highest BCUT2D eigenvalue weighted by atomic mass is 16.1. The maximum atomic E-state index is 11.5. The Morgan fingerprint density at radius 1 is 1.18 bits per heavy atom. The third-order valence-electron chi connectivity index (χ3n) is 3.19. The van der Waals surface area contributed by atoms with Gasteiger partial charge in [0.25, 0.3) is 5.91 Å². The van der Waals surface area contributed by atoms with Crippen LogP contribution in [0.3, 0.4) is 0 Å². The van der Waals surface area contributed by atoms with Crippen molar-refractivity contribution < 1.29 is 9.59 Å². The van der Waals surface area contributed by atoms with Crippen molar-refractivity contribution in [2.75, 3.05) is 7.05 Å². The molecule has 0 spiro atoms. The van der Waals surface area contributed by atoms with E-state index in [0.29, 0.717) is 16.7 Å². The Kier molecular flexibility index (Phi) is 6.20. The Hall–Kier alpha value is -2.75. The predicted molar refractivity (Wildman–Crippen MR) is 90.2 cm³/mol. The van der Waals surface area contributed by atoms with Crippen molar-refractivity contribution in [3.05, 3.63) is 65.8 Å². The first-order valence-corrected chi connectivity index (χ1v) is 6.87. The molecule has 0 atom stereocenters. The molecule has 2 N–H and O–H groups in total. The molecule has 0 aromatic heterocycles. The number of ketones is 1. The zero-order valence-corrected chi connectivity index (χ0v) is 13.1. The van der Waals surface area contributed by atoms with Gasteiger partial charge in [-0.25, -0.2) is 0 Å². The summed E-state index contributed by atoms with van der Waals surface area (Å²) in [6.07, 6.45) is 4.74. The molecule has 4 heteroatoms. The molecule has 0 aliphatic rings. The molecule has 22 heavy (non-hydrogen) atoms. The zero-order valence-electron chi connectivity index (χ0n) is 13.1. The number of Topliss-reactive ketones (excluding diaryl/α,β-unsaturated/α-hetero) is 1. The summed E-state index contributed by atoms with van der Waals surface area (Å²) in [6.45, 7) is 6.85. The van der Waals surface area contributed by atoms with Gasteiger partial charge in [0, 0.05) is 23.8 Å². The van der Waals surface area contributed by atoms with Crippen LogP contribution < -0.4 is 5.32 Å². The topological polar surface area (TPSA) is 70.0 Å². The number of hydrogen-bond donors (Lipinski definition) is 2. The average Bonchev–Trinajstić information content (AvgIpc) is 2.52. The third kappa shape index (κ3) is 4.12. The fourth-order valence-electron chi connectivity index (χ4n) is 1.96. The second-order valence-corrected chi connectivity index (χ2v) is 4.63. The minimum Gasteiger partial charge on any atom is -0.355 e. The summed E-state index contributed by atoms with van der Waals surface area (Å²) in [7, 11) is 1.58. The number of allylic oxidation sites excluding steroid dienone is 5. The summed E-state index contributed by atoms with van der Waals surface area (Å²) in [5.74, 6) is -0.292. The molecule has 1 aromatic carbocycles. The van der Waals surface area contributed by atoms with Crippen LogP contribution in [-0.2, 0) is 4.79 Å². The van der Waals surface area contributed by atoms with E-state index in [1.54, 1.807) is 37.4 Å². The van der Waals surface area contributed by atoms with Gasteiger partial charge in [0.15, 0.2) is 5.78 Å². The minimum absolute atomic E-state index is 0.134. The van der Waals surface area contributed by atoms with Gasteiger partial charge in [-0.3, -0.25) is 9.59 Å². The number of benzene rings is 1. The van der Waals surface area contributed by atoms with E-state index in [1.165, 1.54) is 19.1 Å². The summed E-state index contributed by atoms with van der Waals surface area (Å²) in [5, 5.41) is 10.7. The first-order valence-electron chi connectivity index (χ1n) is 6.87. The van der Waals surface area contributed by atoms with E-state index in [2.05, 4.69) is 11.9 Å². The van der Waals surface area contributed by atoms with Crippen LogP contribution in [0.2, 0.25) is 0 Å². The fourth-order valence-corrected chi connectivity index (χ4v) is 1.96. The van der Waals surface area contributed by atoms with Crippen molar-refractivity contribution in [2.45, 2.75) is 13.8 Å². The van der Waals surface area contributed by atoms with E-state index in [-0.39, 0.29) is 17.4 Å². The zero-order chi connectivity index (χ0) is 16.7. The van der Waals surface area contributed by atoms with Gasteiger partial charge in [0.05, 0.1) is 5.71 Å². The molecule has 1 aromatic rings. The molecule has 0 aliphatic carbocycles. The van der Waals surface area contributed by atoms with Crippen molar-refractivity contribution in [2.24, 2.45) is 0 Å². The van der Waals surface area contributed by atoms with E-state index in [4.69, 9.17) is 5.41 Å². The van der Waals surface area contributed by atoms with Crippen LogP contribution in [0, 0.1) is 5.41 Å². The largest absolute Gasteiger partial charge is 0.355 e. The smallest absolute Gasteiger partial charge is 0.251 e. The molecule has 114 valence electrons. The quantitative estimate of drug-likeness (QED) is 0.481. The summed E-state index contributed by atoms with van der Waals surface area (Å²) >= 11 is 0. The lowest BCUT2D eigenvalue weighted by Gasteiger charge is -2.08. The molecule has 1 rings (SSSR count). The third-order valence-corrected chi connectivity index (χ3v) is 3.19. The number of carbonyl (C=O) groups is 2. The van der Waals surface area contributed by atoms with Crippen LogP contribution in [0.1, 0.15) is 29.8 Å². The van der Waals surface area contributed by atoms with Crippen LogP contribution in [0.5, 0.6) is 0 Å². The molecular formula is C18H20N2O2. The number of amides is 1. The molecule has 1 amide bonds. The van der Waals surface area contributed by atoms with Gasteiger partial charge in [0.2, 0.25) is 0 Å². The molecule has 0 saturated heterocycles. The summed E-state index contributed by atoms with van der Waals surface area (Å²) < 4.78 is 0. The molecule has 0 fully saturated rings. The normalized spacial score (nSPS) is 11.8. The second kappa shape index (κ2) is 7.88. The lowest BCUT2D eigenvalue weighted by atomic mass is 9.97. The highest BCUT2D eigenvalue weighted by Gasteiger charge is 2.09. The SMILES string of the molecule is C=C/C(=C\C(=N)/C(=C\C)c1ccc(C(=O)NC)cc1)C(C)=O. The molecule has 0 saturated carbocycles. The Labute approximate surface area is 130 Å².